The van der Waals surface area contributed by atoms with E-state index in [-0.39, 0.29) is 0 Å². The molecule has 0 aliphatic carbocycles. The Morgan fingerprint density at radius 3 is 2.65 bits per heavy atom. The minimum atomic E-state index is 0.850. The standard InChI is InChI=1S/C13H24N4/c1-5-6-12-11(9-14-2)10-15-13(16-12)7-8-17(3)4/h10,14H,5-9H2,1-4H3. The lowest BCUT2D eigenvalue weighted by molar-refractivity contribution is 0.409. The van der Waals surface area contributed by atoms with Gasteiger partial charge in [0, 0.05) is 37.0 Å². The number of hydrogen-bond acceptors (Lipinski definition) is 4. The molecule has 96 valence electrons. The summed E-state index contributed by atoms with van der Waals surface area (Å²) < 4.78 is 0. The molecule has 0 fully saturated rings. The number of rotatable bonds is 7. The maximum absolute atomic E-state index is 4.68. The van der Waals surface area contributed by atoms with Crippen molar-refractivity contribution in [3.05, 3.63) is 23.3 Å². The van der Waals surface area contributed by atoms with Crippen LogP contribution < -0.4 is 5.32 Å². The molecule has 1 aromatic rings. The molecule has 0 aliphatic rings. The van der Waals surface area contributed by atoms with Crippen LogP contribution in [0.5, 0.6) is 0 Å². The molecule has 1 N–H and O–H groups in total. The minimum absolute atomic E-state index is 0.850. The summed E-state index contributed by atoms with van der Waals surface area (Å²) in [6, 6.07) is 0. The topological polar surface area (TPSA) is 41.1 Å². The van der Waals surface area contributed by atoms with Crippen molar-refractivity contribution in [1.29, 1.82) is 0 Å². The van der Waals surface area contributed by atoms with Crippen LogP contribution in [0.25, 0.3) is 0 Å². The lowest BCUT2D eigenvalue weighted by Crippen LogP contribution is -2.17. The Labute approximate surface area is 104 Å². The summed E-state index contributed by atoms with van der Waals surface area (Å²) in [7, 11) is 6.10. The summed E-state index contributed by atoms with van der Waals surface area (Å²) >= 11 is 0. The van der Waals surface area contributed by atoms with Crippen molar-refractivity contribution in [2.24, 2.45) is 0 Å². The van der Waals surface area contributed by atoms with Gasteiger partial charge in [-0.25, -0.2) is 9.97 Å². The number of hydrogen-bond donors (Lipinski definition) is 1. The molecule has 1 aromatic heterocycles. The Balaban J connectivity index is 2.77. The van der Waals surface area contributed by atoms with Gasteiger partial charge in [0.25, 0.3) is 0 Å². The molecular weight excluding hydrogens is 212 g/mol. The van der Waals surface area contributed by atoms with Crippen molar-refractivity contribution >= 4 is 0 Å². The van der Waals surface area contributed by atoms with Crippen LogP contribution in [-0.2, 0) is 19.4 Å². The van der Waals surface area contributed by atoms with E-state index in [9.17, 15) is 0 Å². The first-order valence-corrected chi connectivity index (χ1v) is 6.30. The molecule has 0 spiro atoms. The Morgan fingerprint density at radius 2 is 2.06 bits per heavy atom. The molecule has 0 atom stereocenters. The third-order valence-electron chi connectivity index (χ3n) is 2.64. The summed E-state index contributed by atoms with van der Waals surface area (Å²) in [4.78, 5) is 11.3. The normalized spacial score (nSPS) is 11.1. The molecule has 0 aromatic carbocycles. The fourth-order valence-corrected chi connectivity index (χ4v) is 1.72. The Bertz CT molecular complexity index is 336. The van der Waals surface area contributed by atoms with Gasteiger partial charge < -0.3 is 10.2 Å². The van der Waals surface area contributed by atoms with E-state index in [1.165, 1.54) is 11.3 Å². The largest absolute Gasteiger partial charge is 0.316 e. The zero-order valence-electron chi connectivity index (χ0n) is 11.5. The molecule has 0 saturated carbocycles. The summed E-state index contributed by atoms with van der Waals surface area (Å²) in [5, 5.41) is 3.16. The first kappa shape index (κ1) is 14.1. The second-order valence-electron chi connectivity index (χ2n) is 4.59. The number of aryl methyl sites for hydroxylation is 1. The van der Waals surface area contributed by atoms with Crippen molar-refractivity contribution < 1.29 is 0 Å². The fourth-order valence-electron chi connectivity index (χ4n) is 1.72. The molecular formula is C13H24N4. The monoisotopic (exact) mass is 236 g/mol. The Kier molecular flexibility index (Phi) is 6.08. The summed E-state index contributed by atoms with van der Waals surface area (Å²) in [5.74, 6) is 0.960. The van der Waals surface area contributed by atoms with Crippen LogP contribution in [0.3, 0.4) is 0 Å². The van der Waals surface area contributed by atoms with Gasteiger partial charge in [-0.05, 0) is 27.6 Å². The first-order valence-electron chi connectivity index (χ1n) is 6.30. The highest BCUT2D eigenvalue weighted by atomic mass is 15.1. The number of nitrogens with zero attached hydrogens (tertiary/aromatic N) is 3. The molecule has 1 rings (SSSR count). The summed E-state index contributed by atoms with van der Waals surface area (Å²) in [6.07, 6.45) is 5.05. The lowest BCUT2D eigenvalue weighted by atomic mass is 10.1. The number of aromatic nitrogens is 2. The van der Waals surface area contributed by atoms with Gasteiger partial charge in [0.05, 0.1) is 0 Å². The molecule has 0 radical (unpaired) electrons. The van der Waals surface area contributed by atoms with Crippen LogP contribution >= 0.6 is 0 Å². The molecule has 4 heteroatoms. The minimum Gasteiger partial charge on any atom is -0.316 e. The van der Waals surface area contributed by atoms with Crippen molar-refractivity contribution in [2.45, 2.75) is 32.7 Å². The van der Waals surface area contributed by atoms with Gasteiger partial charge in [0.1, 0.15) is 5.82 Å². The number of nitrogens with one attached hydrogen (secondary N) is 1. The van der Waals surface area contributed by atoms with E-state index in [1.54, 1.807) is 0 Å². The highest BCUT2D eigenvalue weighted by Gasteiger charge is 2.06. The van der Waals surface area contributed by atoms with Gasteiger partial charge in [0.2, 0.25) is 0 Å². The van der Waals surface area contributed by atoms with Gasteiger partial charge in [-0.15, -0.1) is 0 Å². The predicted molar refractivity (Wildman–Crippen MR) is 71.0 cm³/mol. The average Bonchev–Trinajstić information content (AvgIpc) is 2.30. The van der Waals surface area contributed by atoms with Crippen LogP contribution in [0.1, 0.15) is 30.4 Å². The Morgan fingerprint density at radius 1 is 1.29 bits per heavy atom. The van der Waals surface area contributed by atoms with Gasteiger partial charge in [-0.2, -0.15) is 0 Å². The van der Waals surface area contributed by atoms with E-state index < -0.39 is 0 Å². The van der Waals surface area contributed by atoms with Crippen LogP contribution in [0.2, 0.25) is 0 Å². The van der Waals surface area contributed by atoms with E-state index in [2.05, 4.69) is 41.2 Å². The summed E-state index contributed by atoms with van der Waals surface area (Å²) in [6.45, 7) is 4.03. The lowest BCUT2D eigenvalue weighted by Gasteiger charge is -2.11. The average molecular weight is 236 g/mol. The second-order valence-corrected chi connectivity index (χ2v) is 4.59. The zero-order chi connectivity index (χ0) is 12.7. The molecule has 4 nitrogen and oxygen atoms in total. The van der Waals surface area contributed by atoms with Gasteiger partial charge in [-0.1, -0.05) is 13.3 Å². The molecule has 17 heavy (non-hydrogen) atoms. The predicted octanol–water partition coefficient (Wildman–Crippen LogP) is 1.25. The van der Waals surface area contributed by atoms with Crippen LogP contribution in [-0.4, -0.2) is 42.6 Å². The van der Waals surface area contributed by atoms with Gasteiger partial charge >= 0.3 is 0 Å². The van der Waals surface area contributed by atoms with Crippen LogP contribution in [0, 0.1) is 0 Å². The van der Waals surface area contributed by atoms with E-state index >= 15 is 0 Å². The van der Waals surface area contributed by atoms with Crippen molar-refractivity contribution in [3.63, 3.8) is 0 Å². The highest BCUT2D eigenvalue weighted by Crippen LogP contribution is 2.08. The quantitative estimate of drug-likeness (QED) is 0.773. The SMILES string of the molecule is CCCc1nc(CCN(C)C)ncc1CNC. The highest BCUT2D eigenvalue weighted by molar-refractivity contribution is 5.18. The maximum atomic E-state index is 4.68. The molecule has 1 heterocycles. The number of likely N-dealkylation sites (N-methyl/N-ethyl adjacent to an activating group) is 1. The van der Waals surface area contributed by atoms with Gasteiger partial charge in [0.15, 0.2) is 0 Å². The molecule has 0 bridgehead atoms. The third kappa shape index (κ3) is 4.79. The van der Waals surface area contributed by atoms with Crippen molar-refractivity contribution in [1.82, 2.24) is 20.2 Å². The van der Waals surface area contributed by atoms with E-state index in [0.717, 1.165) is 38.2 Å². The molecule has 0 aliphatic heterocycles. The summed E-state index contributed by atoms with van der Waals surface area (Å²) in [5.41, 5.74) is 2.42. The van der Waals surface area contributed by atoms with Crippen LogP contribution in [0.4, 0.5) is 0 Å². The maximum Gasteiger partial charge on any atom is 0.129 e. The van der Waals surface area contributed by atoms with Crippen molar-refractivity contribution in [3.8, 4) is 0 Å². The smallest absolute Gasteiger partial charge is 0.129 e. The zero-order valence-corrected chi connectivity index (χ0v) is 11.5. The molecule has 0 saturated heterocycles. The third-order valence-corrected chi connectivity index (χ3v) is 2.64. The molecule has 0 amide bonds. The van der Waals surface area contributed by atoms with Crippen molar-refractivity contribution in [2.75, 3.05) is 27.7 Å². The fraction of sp³-hybridized carbons (Fsp3) is 0.692. The van der Waals surface area contributed by atoms with Crippen LogP contribution in [0.15, 0.2) is 6.20 Å². The van der Waals surface area contributed by atoms with Gasteiger partial charge in [-0.3, -0.25) is 0 Å². The van der Waals surface area contributed by atoms with E-state index in [0.29, 0.717) is 0 Å². The van der Waals surface area contributed by atoms with E-state index in [4.69, 9.17) is 0 Å². The Hall–Kier alpha value is -1.00. The molecule has 0 unspecified atom stereocenters. The first-order chi connectivity index (χ1) is 8.17. The van der Waals surface area contributed by atoms with E-state index in [1.807, 2.05) is 13.2 Å². The second kappa shape index (κ2) is 7.35.